The third kappa shape index (κ3) is 4.30. The highest BCUT2D eigenvalue weighted by molar-refractivity contribution is 7.06. The molecule has 0 fully saturated rings. The van der Waals surface area contributed by atoms with E-state index < -0.39 is 29.4 Å². The van der Waals surface area contributed by atoms with Gasteiger partial charge in [-0.25, -0.2) is 13.8 Å². The third-order valence-electron chi connectivity index (χ3n) is 3.65. The fraction of sp³-hybridized carbons (Fsp3) is 0.176. The first-order chi connectivity index (χ1) is 13.1. The smallest absolute Gasteiger partial charge is 0.322 e. The number of rotatable bonds is 4. The Morgan fingerprint density at radius 1 is 1.18 bits per heavy atom. The number of anilines is 1. The van der Waals surface area contributed by atoms with Crippen LogP contribution in [0.4, 0.5) is 27.6 Å². The SMILES string of the molecule is Cc1nsc(Cc2cncc(C(F)(F)F)n2)c1C(=O)Nc1ccc(F)c(F)c1. The Kier molecular flexibility index (Phi) is 5.36. The molecule has 0 bridgehead atoms. The van der Waals surface area contributed by atoms with Crippen molar-refractivity contribution in [3.63, 3.8) is 0 Å². The highest BCUT2D eigenvalue weighted by Gasteiger charge is 2.33. The van der Waals surface area contributed by atoms with Crippen LogP contribution in [0.25, 0.3) is 0 Å². The molecule has 11 heteroatoms. The van der Waals surface area contributed by atoms with E-state index in [1.54, 1.807) is 6.92 Å². The van der Waals surface area contributed by atoms with E-state index in [0.29, 0.717) is 16.8 Å². The molecule has 0 spiro atoms. The van der Waals surface area contributed by atoms with Gasteiger partial charge in [0, 0.05) is 29.2 Å². The van der Waals surface area contributed by atoms with Crippen molar-refractivity contribution in [3.8, 4) is 0 Å². The average Bonchev–Trinajstić information content (AvgIpc) is 2.98. The van der Waals surface area contributed by atoms with E-state index in [9.17, 15) is 26.7 Å². The maximum absolute atomic E-state index is 13.3. The van der Waals surface area contributed by atoms with E-state index in [1.165, 1.54) is 12.3 Å². The minimum absolute atomic E-state index is 0.0142. The Labute approximate surface area is 159 Å². The molecule has 5 nitrogen and oxygen atoms in total. The Balaban J connectivity index is 1.85. The lowest BCUT2D eigenvalue weighted by molar-refractivity contribution is -0.141. The summed E-state index contributed by atoms with van der Waals surface area (Å²) in [5, 5.41) is 2.42. The van der Waals surface area contributed by atoms with Crippen LogP contribution in [0.5, 0.6) is 0 Å². The van der Waals surface area contributed by atoms with Gasteiger partial charge in [0.2, 0.25) is 0 Å². The summed E-state index contributed by atoms with van der Waals surface area (Å²) < 4.78 is 68.7. The lowest BCUT2D eigenvalue weighted by Crippen LogP contribution is -2.15. The van der Waals surface area contributed by atoms with E-state index in [1.807, 2.05) is 0 Å². The first kappa shape index (κ1) is 19.8. The zero-order valence-corrected chi connectivity index (χ0v) is 15.0. The van der Waals surface area contributed by atoms with Crippen LogP contribution in [0.1, 0.15) is 32.3 Å². The summed E-state index contributed by atoms with van der Waals surface area (Å²) in [6.07, 6.45) is -2.96. The largest absolute Gasteiger partial charge is 0.434 e. The number of hydrogen-bond donors (Lipinski definition) is 1. The molecule has 1 N–H and O–H groups in total. The zero-order chi connectivity index (χ0) is 20.5. The number of nitrogens with one attached hydrogen (secondary N) is 1. The molecule has 1 amide bonds. The Hall–Kier alpha value is -2.95. The lowest BCUT2D eigenvalue weighted by Gasteiger charge is -2.08. The van der Waals surface area contributed by atoms with Crippen LogP contribution in [0, 0.1) is 18.6 Å². The van der Waals surface area contributed by atoms with Crippen LogP contribution in [0.15, 0.2) is 30.6 Å². The number of aryl methyl sites for hydroxylation is 1. The second kappa shape index (κ2) is 7.58. The van der Waals surface area contributed by atoms with Gasteiger partial charge < -0.3 is 5.32 Å². The molecule has 1 aromatic carbocycles. The molecule has 2 heterocycles. The van der Waals surface area contributed by atoms with E-state index in [0.717, 1.165) is 23.7 Å². The minimum atomic E-state index is -4.64. The van der Waals surface area contributed by atoms with Crippen molar-refractivity contribution in [2.45, 2.75) is 19.5 Å². The average molecular weight is 414 g/mol. The van der Waals surface area contributed by atoms with Crippen molar-refractivity contribution in [1.82, 2.24) is 14.3 Å². The van der Waals surface area contributed by atoms with Crippen LogP contribution in [-0.2, 0) is 12.6 Å². The molecular formula is C17H11F5N4OS. The van der Waals surface area contributed by atoms with Gasteiger partial charge in [-0.05, 0) is 30.6 Å². The molecule has 0 atom stereocenters. The van der Waals surface area contributed by atoms with Crippen LogP contribution >= 0.6 is 11.5 Å². The summed E-state index contributed by atoms with van der Waals surface area (Å²) in [5.74, 6) is -2.83. The van der Waals surface area contributed by atoms with Crippen LogP contribution in [0.3, 0.4) is 0 Å². The second-order valence-electron chi connectivity index (χ2n) is 5.72. The fourth-order valence-corrected chi connectivity index (χ4v) is 3.27. The molecule has 0 saturated carbocycles. The number of benzene rings is 1. The van der Waals surface area contributed by atoms with Crippen molar-refractivity contribution < 1.29 is 26.7 Å². The van der Waals surface area contributed by atoms with Crippen molar-refractivity contribution in [3.05, 3.63) is 69.7 Å². The van der Waals surface area contributed by atoms with E-state index in [2.05, 4.69) is 19.7 Å². The van der Waals surface area contributed by atoms with E-state index >= 15 is 0 Å². The Morgan fingerprint density at radius 2 is 1.93 bits per heavy atom. The number of amides is 1. The summed E-state index contributed by atoms with van der Waals surface area (Å²) in [7, 11) is 0. The first-order valence-corrected chi connectivity index (χ1v) is 8.52. The number of aromatic nitrogens is 3. The number of alkyl halides is 3. The topological polar surface area (TPSA) is 67.8 Å². The highest BCUT2D eigenvalue weighted by Crippen LogP contribution is 2.28. The number of carbonyl (C=O) groups excluding carboxylic acids is 1. The van der Waals surface area contributed by atoms with Gasteiger partial charge in [-0.15, -0.1) is 0 Å². The predicted molar refractivity (Wildman–Crippen MR) is 91.0 cm³/mol. The van der Waals surface area contributed by atoms with Crippen LogP contribution < -0.4 is 5.32 Å². The zero-order valence-electron chi connectivity index (χ0n) is 14.1. The summed E-state index contributed by atoms with van der Waals surface area (Å²) in [4.78, 5) is 20.0. The number of hydrogen-bond acceptors (Lipinski definition) is 5. The van der Waals surface area contributed by atoms with Gasteiger partial charge in [0.05, 0.1) is 23.1 Å². The molecule has 0 unspecified atom stereocenters. The predicted octanol–water partition coefficient (Wildman–Crippen LogP) is 4.38. The maximum Gasteiger partial charge on any atom is 0.434 e. The molecule has 0 radical (unpaired) electrons. The molecular weight excluding hydrogens is 403 g/mol. The standard InChI is InChI=1S/C17H11F5N4OS/c1-8-15(16(27)25-9-2-3-11(18)12(19)4-9)13(28-26-8)5-10-6-23-7-14(24-10)17(20,21)22/h2-4,6-7H,5H2,1H3,(H,25,27). The van der Waals surface area contributed by atoms with Gasteiger partial charge in [-0.2, -0.15) is 17.5 Å². The van der Waals surface area contributed by atoms with Crippen LogP contribution in [0.2, 0.25) is 0 Å². The van der Waals surface area contributed by atoms with Crippen molar-refractivity contribution in [2.75, 3.05) is 5.32 Å². The first-order valence-electron chi connectivity index (χ1n) is 7.75. The van der Waals surface area contributed by atoms with Crippen LogP contribution in [-0.4, -0.2) is 20.2 Å². The monoisotopic (exact) mass is 414 g/mol. The molecule has 3 rings (SSSR count). The quantitative estimate of drug-likeness (QED) is 0.644. The van der Waals surface area contributed by atoms with Gasteiger partial charge >= 0.3 is 6.18 Å². The molecule has 146 valence electrons. The van der Waals surface area contributed by atoms with Gasteiger partial charge in [-0.3, -0.25) is 9.78 Å². The van der Waals surface area contributed by atoms with Crippen molar-refractivity contribution in [2.24, 2.45) is 0 Å². The summed E-state index contributed by atoms with van der Waals surface area (Å²) in [6.45, 7) is 1.55. The highest BCUT2D eigenvalue weighted by atomic mass is 32.1. The third-order valence-corrected chi connectivity index (χ3v) is 4.59. The summed E-state index contributed by atoms with van der Waals surface area (Å²) in [5.41, 5.74) is -0.618. The number of halogens is 5. The van der Waals surface area contributed by atoms with Crippen molar-refractivity contribution in [1.29, 1.82) is 0 Å². The van der Waals surface area contributed by atoms with Gasteiger partial charge in [0.25, 0.3) is 5.91 Å². The molecule has 0 aliphatic rings. The molecule has 0 aliphatic carbocycles. The van der Waals surface area contributed by atoms with Gasteiger partial charge in [0.1, 0.15) is 0 Å². The Bertz CT molecular complexity index is 1030. The van der Waals surface area contributed by atoms with Gasteiger partial charge in [-0.1, -0.05) is 0 Å². The summed E-state index contributed by atoms with van der Waals surface area (Å²) in [6, 6.07) is 2.87. The maximum atomic E-state index is 13.3. The number of nitrogens with zero attached hydrogens (tertiary/aromatic N) is 3. The number of carbonyl (C=O) groups is 1. The minimum Gasteiger partial charge on any atom is -0.322 e. The van der Waals surface area contributed by atoms with Gasteiger partial charge in [0.15, 0.2) is 17.3 Å². The second-order valence-corrected chi connectivity index (χ2v) is 6.58. The summed E-state index contributed by atoms with van der Waals surface area (Å²) >= 11 is 0.935. The van der Waals surface area contributed by atoms with Crippen molar-refractivity contribution >= 4 is 23.1 Å². The molecule has 2 aromatic heterocycles. The molecule has 3 aromatic rings. The normalized spacial score (nSPS) is 11.5. The fourth-order valence-electron chi connectivity index (χ4n) is 2.39. The Morgan fingerprint density at radius 3 is 2.61 bits per heavy atom. The molecule has 0 saturated heterocycles. The van der Waals surface area contributed by atoms with E-state index in [4.69, 9.17) is 0 Å². The van der Waals surface area contributed by atoms with E-state index in [-0.39, 0.29) is 23.4 Å². The lowest BCUT2D eigenvalue weighted by atomic mass is 10.1. The molecule has 28 heavy (non-hydrogen) atoms. The molecule has 0 aliphatic heterocycles.